The van der Waals surface area contributed by atoms with Crippen molar-refractivity contribution in [3.8, 4) is 22.8 Å². The average molecular weight is 687 g/mol. The number of hydrogen-bond acceptors (Lipinski definition) is 2. The lowest BCUT2D eigenvalue weighted by molar-refractivity contribution is 1.08. The van der Waals surface area contributed by atoms with E-state index in [0.29, 0.717) is 0 Å². The molecule has 4 nitrogen and oxygen atoms in total. The summed E-state index contributed by atoms with van der Waals surface area (Å²) in [6, 6.07) is 65.5. The molecular weight excluding hydrogens is 657 g/mol. The van der Waals surface area contributed by atoms with Crippen LogP contribution in [-0.4, -0.2) is 19.1 Å². The Bertz CT molecular complexity index is 3460. The molecule has 0 unspecified atom stereocenters. The lowest BCUT2D eigenvalue weighted by Crippen LogP contribution is -2.03. The van der Waals surface area contributed by atoms with Gasteiger partial charge < -0.3 is 4.57 Å². The van der Waals surface area contributed by atoms with Crippen LogP contribution in [0.5, 0.6) is 0 Å². The molecule has 0 amide bonds. The average Bonchev–Trinajstić information content (AvgIpc) is 3.74. The largest absolute Gasteiger partial charge is 0.309 e. The first-order valence-electron chi connectivity index (χ1n) is 18.4. The maximum atomic E-state index is 5.42. The van der Waals surface area contributed by atoms with Crippen molar-refractivity contribution in [2.24, 2.45) is 0 Å². The van der Waals surface area contributed by atoms with Crippen molar-refractivity contribution in [1.82, 2.24) is 19.1 Å². The van der Waals surface area contributed by atoms with Gasteiger partial charge >= 0.3 is 0 Å². The van der Waals surface area contributed by atoms with Crippen LogP contribution in [0.3, 0.4) is 0 Å². The van der Waals surface area contributed by atoms with E-state index < -0.39 is 0 Å². The van der Waals surface area contributed by atoms with E-state index in [9.17, 15) is 0 Å². The van der Waals surface area contributed by atoms with E-state index in [1.54, 1.807) is 0 Å². The minimum atomic E-state index is 0.820. The number of benzene rings is 9. The molecule has 4 heteroatoms. The molecular formula is C50H30N4. The highest BCUT2D eigenvalue weighted by Gasteiger charge is 2.21. The van der Waals surface area contributed by atoms with Gasteiger partial charge in [0.2, 0.25) is 0 Å². The maximum Gasteiger partial charge on any atom is 0.165 e. The molecule has 0 aliphatic rings. The van der Waals surface area contributed by atoms with E-state index >= 15 is 0 Å². The quantitative estimate of drug-likeness (QED) is 0.173. The van der Waals surface area contributed by atoms with E-state index in [1.807, 2.05) is 12.1 Å². The van der Waals surface area contributed by atoms with Gasteiger partial charge in [0, 0.05) is 32.8 Å². The zero-order chi connectivity index (χ0) is 35.3. The van der Waals surface area contributed by atoms with Crippen molar-refractivity contribution in [3.05, 3.63) is 182 Å². The molecule has 0 spiro atoms. The van der Waals surface area contributed by atoms with E-state index in [2.05, 4.69) is 179 Å². The second kappa shape index (κ2) is 11.1. The Morgan fingerprint density at radius 1 is 0.315 bits per heavy atom. The molecule has 54 heavy (non-hydrogen) atoms. The van der Waals surface area contributed by atoms with E-state index in [0.717, 1.165) is 44.8 Å². The fraction of sp³-hybridized carbons (Fsp3) is 0. The fourth-order valence-corrected chi connectivity index (χ4v) is 8.76. The zero-order valence-electron chi connectivity index (χ0n) is 29.1. The molecule has 0 fully saturated rings. The van der Waals surface area contributed by atoms with E-state index in [1.165, 1.54) is 64.9 Å². The Labute approximate surface area is 309 Å². The molecule has 0 aliphatic carbocycles. The van der Waals surface area contributed by atoms with Crippen LogP contribution in [-0.2, 0) is 0 Å². The molecule has 0 saturated carbocycles. The molecule has 9 aromatic carbocycles. The Kier molecular flexibility index (Phi) is 6.02. The van der Waals surface area contributed by atoms with Crippen molar-refractivity contribution < 1.29 is 0 Å². The van der Waals surface area contributed by atoms with Gasteiger partial charge in [0.05, 0.1) is 33.1 Å². The summed E-state index contributed by atoms with van der Waals surface area (Å²) in [6.45, 7) is 0. The molecule has 0 radical (unpaired) electrons. The lowest BCUT2D eigenvalue weighted by atomic mass is 9.99. The maximum absolute atomic E-state index is 5.42. The summed E-state index contributed by atoms with van der Waals surface area (Å²) < 4.78 is 4.72. The van der Waals surface area contributed by atoms with Crippen molar-refractivity contribution in [1.29, 1.82) is 0 Å². The molecule has 250 valence electrons. The summed E-state index contributed by atoms with van der Waals surface area (Å²) in [4.78, 5) is 10.8. The SMILES string of the molecule is c1ccc2c(c1)ccc1ccc(-c3nc4ccccc4nc3-n3c4ccccc4c4cc5cc(-n6c7ccccc7c7ccccc76)ccc5cc43)cc12. The predicted molar refractivity (Wildman–Crippen MR) is 226 cm³/mol. The number of aromatic nitrogens is 4. The van der Waals surface area contributed by atoms with Gasteiger partial charge in [-0.3, -0.25) is 4.57 Å². The standard InChI is InChI=1S/C50H30N4/c1-2-12-37-31(11-1)21-22-32-23-24-34(28-41(32)37)49-50(52-44-17-7-6-16-43(44)51-49)54-47-20-10-5-15-40(47)42-29-35-27-36(26-25-33(35)30-48(42)54)53-45-18-8-3-13-38(45)39-14-4-9-19-46(39)53/h1-30H. The third-order valence-electron chi connectivity index (χ3n) is 11.2. The van der Waals surface area contributed by atoms with Crippen LogP contribution in [0.25, 0.3) is 110 Å². The number of fused-ring (bicyclic) bond motifs is 11. The number of rotatable bonds is 3. The molecule has 3 aromatic heterocycles. The summed E-state index contributed by atoms with van der Waals surface area (Å²) >= 11 is 0. The molecule has 12 aromatic rings. The molecule has 3 heterocycles. The molecule has 0 aliphatic heterocycles. The second-order valence-corrected chi connectivity index (χ2v) is 14.2. The Balaban J connectivity index is 1.13. The summed E-state index contributed by atoms with van der Waals surface area (Å²) in [7, 11) is 0. The Morgan fingerprint density at radius 2 is 0.870 bits per heavy atom. The van der Waals surface area contributed by atoms with Gasteiger partial charge in [-0.25, -0.2) is 9.97 Å². The number of para-hydroxylation sites is 5. The highest BCUT2D eigenvalue weighted by Crippen LogP contribution is 2.40. The van der Waals surface area contributed by atoms with Gasteiger partial charge in [0.15, 0.2) is 5.82 Å². The highest BCUT2D eigenvalue weighted by molar-refractivity contribution is 6.15. The smallest absolute Gasteiger partial charge is 0.165 e. The molecule has 0 atom stereocenters. The van der Waals surface area contributed by atoms with Crippen LogP contribution in [0.2, 0.25) is 0 Å². The van der Waals surface area contributed by atoms with Crippen molar-refractivity contribution in [3.63, 3.8) is 0 Å². The number of nitrogens with zero attached hydrogens (tertiary/aromatic N) is 4. The van der Waals surface area contributed by atoms with Gasteiger partial charge in [-0.1, -0.05) is 121 Å². The topological polar surface area (TPSA) is 35.6 Å². The highest BCUT2D eigenvalue weighted by atomic mass is 15.1. The van der Waals surface area contributed by atoms with Crippen LogP contribution < -0.4 is 0 Å². The lowest BCUT2D eigenvalue weighted by Gasteiger charge is -2.15. The third kappa shape index (κ3) is 4.19. The first-order chi connectivity index (χ1) is 26.8. The zero-order valence-corrected chi connectivity index (χ0v) is 29.1. The van der Waals surface area contributed by atoms with Gasteiger partial charge in [-0.2, -0.15) is 0 Å². The summed E-state index contributed by atoms with van der Waals surface area (Å²) in [5, 5.41) is 12.1. The van der Waals surface area contributed by atoms with Crippen molar-refractivity contribution in [2.45, 2.75) is 0 Å². The van der Waals surface area contributed by atoms with Gasteiger partial charge in [-0.05, 0) is 93.0 Å². The van der Waals surface area contributed by atoms with Crippen LogP contribution in [0.1, 0.15) is 0 Å². The van der Waals surface area contributed by atoms with Crippen molar-refractivity contribution in [2.75, 3.05) is 0 Å². The van der Waals surface area contributed by atoms with Crippen LogP contribution >= 0.6 is 0 Å². The third-order valence-corrected chi connectivity index (χ3v) is 11.2. The van der Waals surface area contributed by atoms with Gasteiger partial charge in [0.1, 0.15) is 5.69 Å². The van der Waals surface area contributed by atoms with E-state index in [4.69, 9.17) is 9.97 Å². The van der Waals surface area contributed by atoms with Crippen molar-refractivity contribution >= 4 is 87.0 Å². The minimum Gasteiger partial charge on any atom is -0.309 e. The summed E-state index contributed by atoms with van der Waals surface area (Å²) in [5.41, 5.74) is 9.40. The normalized spacial score (nSPS) is 12.1. The first-order valence-corrected chi connectivity index (χ1v) is 18.4. The van der Waals surface area contributed by atoms with Gasteiger partial charge in [0.25, 0.3) is 0 Å². The fourth-order valence-electron chi connectivity index (χ4n) is 8.76. The first kappa shape index (κ1) is 29.3. The van der Waals surface area contributed by atoms with Crippen LogP contribution in [0, 0.1) is 0 Å². The number of hydrogen-bond donors (Lipinski definition) is 0. The molecule has 0 saturated heterocycles. The summed E-state index contributed by atoms with van der Waals surface area (Å²) in [6.07, 6.45) is 0. The monoisotopic (exact) mass is 686 g/mol. The van der Waals surface area contributed by atoms with Gasteiger partial charge in [-0.15, -0.1) is 0 Å². The summed E-state index contributed by atoms with van der Waals surface area (Å²) in [5.74, 6) is 0.820. The van der Waals surface area contributed by atoms with Crippen LogP contribution in [0.4, 0.5) is 0 Å². The predicted octanol–water partition coefficient (Wildman–Crippen LogP) is 13.0. The Morgan fingerprint density at radius 3 is 1.61 bits per heavy atom. The molecule has 0 N–H and O–H groups in total. The minimum absolute atomic E-state index is 0.820. The van der Waals surface area contributed by atoms with E-state index in [-0.39, 0.29) is 0 Å². The molecule has 12 rings (SSSR count). The second-order valence-electron chi connectivity index (χ2n) is 14.2. The van der Waals surface area contributed by atoms with Crippen LogP contribution in [0.15, 0.2) is 182 Å². The molecule has 0 bridgehead atoms. The Hall–Kier alpha value is -7.30.